The second kappa shape index (κ2) is 7.55. The summed E-state index contributed by atoms with van der Waals surface area (Å²) >= 11 is 5.87. The third-order valence-corrected chi connectivity index (χ3v) is 3.95. The van der Waals surface area contributed by atoms with E-state index in [-0.39, 0.29) is 18.1 Å². The van der Waals surface area contributed by atoms with Crippen LogP contribution in [0.25, 0.3) is 0 Å². The van der Waals surface area contributed by atoms with Crippen LogP contribution in [0.5, 0.6) is 0 Å². The highest BCUT2D eigenvalue weighted by Crippen LogP contribution is 2.32. The van der Waals surface area contributed by atoms with E-state index in [9.17, 15) is 13.2 Å². The molecule has 0 radical (unpaired) electrons. The molecule has 2 aromatic rings. The average molecular weight is 373 g/mol. The van der Waals surface area contributed by atoms with Crippen molar-refractivity contribution in [3.8, 4) is 0 Å². The summed E-state index contributed by atoms with van der Waals surface area (Å²) in [7, 11) is 0. The summed E-state index contributed by atoms with van der Waals surface area (Å²) in [6.45, 7) is 2.32. The fourth-order valence-corrected chi connectivity index (χ4v) is 2.71. The number of morpholine rings is 1. The van der Waals surface area contributed by atoms with Crippen molar-refractivity contribution in [2.45, 2.75) is 12.7 Å². The first-order valence-electron chi connectivity index (χ1n) is 7.67. The summed E-state index contributed by atoms with van der Waals surface area (Å²) in [4.78, 5) is 9.60. The molecule has 2 heterocycles. The van der Waals surface area contributed by atoms with Crippen molar-refractivity contribution in [1.82, 2.24) is 14.9 Å². The van der Waals surface area contributed by atoms with Gasteiger partial charge in [-0.25, -0.2) is 9.97 Å². The van der Waals surface area contributed by atoms with Crippen LogP contribution in [-0.2, 0) is 17.5 Å². The minimum atomic E-state index is -4.56. The summed E-state index contributed by atoms with van der Waals surface area (Å²) in [6.07, 6.45) is -3.34. The number of hydrogen-bond donors (Lipinski definition) is 1. The molecule has 1 aromatic heterocycles. The Labute approximate surface area is 147 Å². The number of alkyl halides is 3. The first kappa shape index (κ1) is 17.9. The van der Waals surface area contributed by atoms with Gasteiger partial charge >= 0.3 is 6.18 Å². The zero-order valence-electron chi connectivity index (χ0n) is 13.2. The fourth-order valence-electron chi connectivity index (χ4n) is 2.52. The molecule has 0 atom stereocenters. The lowest BCUT2D eigenvalue weighted by Crippen LogP contribution is -2.36. The van der Waals surface area contributed by atoms with Crippen LogP contribution >= 0.6 is 11.6 Å². The molecule has 0 amide bonds. The van der Waals surface area contributed by atoms with Crippen molar-refractivity contribution in [3.63, 3.8) is 0 Å². The van der Waals surface area contributed by atoms with Gasteiger partial charge in [-0.1, -0.05) is 17.7 Å². The summed E-state index contributed by atoms with van der Waals surface area (Å²) in [5, 5.41) is 3.21. The van der Waals surface area contributed by atoms with Crippen molar-refractivity contribution in [3.05, 3.63) is 46.7 Å². The number of ether oxygens (including phenoxy) is 1. The van der Waals surface area contributed by atoms with E-state index in [1.165, 1.54) is 6.20 Å². The lowest BCUT2D eigenvalue weighted by atomic mass is 10.2. The second-order valence-electron chi connectivity index (χ2n) is 5.59. The SMILES string of the molecule is FC(F)(F)c1nc(Nc2cccc(Cl)c2)ncc1CN1CCOCC1. The largest absolute Gasteiger partial charge is 0.433 e. The van der Waals surface area contributed by atoms with E-state index in [0.29, 0.717) is 37.0 Å². The van der Waals surface area contributed by atoms with E-state index in [4.69, 9.17) is 16.3 Å². The Balaban J connectivity index is 1.84. The Morgan fingerprint density at radius 3 is 2.68 bits per heavy atom. The number of aromatic nitrogens is 2. The van der Waals surface area contributed by atoms with E-state index >= 15 is 0 Å². The predicted molar refractivity (Wildman–Crippen MR) is 87.9 cm³/mol. The molecule has 134 valence electrons. The third-order valence-electron chi connectivity index (χ3n) is 3.71. The number of nitrogens with one attached hydrogen (secondary N) is 1. The van der Waals surface area contributed by atoms with Gasteiger partial charge in [0.2, 0.25) is 5.95 Å². The number of anilines is 2. The second-order valence-corrected chi connectivity index (χ2v) is 6.03. The fraction of sp³-hybridized carbons (Fsp3) is 0.375. The highest BCUT2D eigenvalue weighted by atomic mass is 35.5. The highest BCUT2D eigenvalue weighted by molar-refractivity contribution is 6.30. The molecule has 9 heteroatoms. The maximum atomic E-state index is 13.4. The number of nitrogens with zero attached hydrogens (tertiary/aromatic N) is 3. The minimum Gasteiger partial charge on any atom is -0.379 e. The number of halogens is 4. The first-order valence-corrected chi connectivity index (χ1v) is 8.05. The Morgan fingerprint density at radius 1 is 1.24 bits per heavy atom. The van der Waals surface area contributed by atoms with Crippen LogP contribution in [0.15, 0.2) is 30.5 Å². The van der Waals surface area contributed by atoms with Crippen LogP contribution in [0.3, 0.4) is 0 Å². The van der Waals surface area contributed by atoms with Gasteiger partial charge in [0.1, 0.15) is 0 Å². The van der Waals surface area contributed by atoms with E-state index in [1.807, 2.05) is 4.90 Å². The van der Waals surface area contributed by atoms with Gasteiger partial charge in [-0.2, -0.15) is 13.2 Å². The van der Waals surface area contributed by atoms with Crippen LogP contribution in [0.1, 0.15) is 11.3 Å². The molecule has 0 unspecified atom stereocenters. The summed E-state index contributed by atoms with van der Waals surface area (Å²) < 4.78 is 45.4. The number of rotatable bonds is 4. The molecule has 1 aliphatic heterocycles. The molecule has 0 aliphatic carbocycles. The van der Waals surface area contributed by atoms with Crippen molar-refractivity contribution >= 4 is 23.2 Å². The zero-order chi connectivity index (χ0) is 17.9. The monoisotopic (exact) mass is 372 g/mol. The first-order chi connectivity index (χ1) is 11.9. The van der Waals surface area contributed by atoms with E-state index < -0.39 is 11.9 Å². The van der Waals surface area contributed by atoms with Crippen LogP contribution in [0.2, 0.25) is 5.02 Å². The van der Waals surface area contributed by atoms with Gasteiger partial charge < -0.3 is 10.1 Å². The van der Waals surface area contributed by atoms with Gasteiger partial charge in [0, 0.05) is 42.1 Å². The van der Waals surface area contributed by atoms with Crippen molar-refractivity contribution < 1.29 is 17.9 Å². The van der Waals surface area contributed by atoms with Crippen LogP contribution in [-0.4, -0.2) is 41.2 Å². The minimum absolute atomic E-state index is 0.0473. The quantitative estimate of drug-likeness (QED) is 0.886. The van der Waals surface area contributed by atoms with Gasteiger partial charge in [0.25, 0.3) is 0 Å². The summed E-state index contributed by atoms with van der Waals surface area (Å²) in [5.74, 6) is -0.125. The van der Waals surface area contributed by atoms with Crippen LogP contribution < -0.4 is 5.32 Å². The topological polar surface area (TPSA) is 50.3 Å². The third kappa shape index (κ3) is 4.81. The van der Waals surface area contributed by atoms with E-state index in [0.717, 1.165) is 0 Å². The molecule has 0 saturated carbocycles. The maximum absolute atomic E-state index is 13.4. The van der Waals surface area contributed by atoms with Crippen LogP contribution in [0, 0.1) is 0 Å². The lowest BCUT2D eigenvalue weighted by molar-refractivity contribution is -0.142. The van der Waals surface area contributed by atoms with Gasteiger partial charge in [-0.05, 0) is 18.2 Å². The molecular formula is C16H16ClF3N4O. The normalized spacial score (nSPS) is 16.0. The molecule has 1 saturated heterocycles. The standard InChI is InChI=1S/C16H16ClF3N4O/c17-12-2-1-3-13(8-12)22-15-21-9-11(14(23-15)16(18,19)20)10-24-4-6-25-7-5-24/h1-3,8-9H,4-7,10H2,(H,21,22,23). The molecule has 1 N–H and O–H groups in total. The van der Waals surface area contributed by atoms with Crippen molar-refractivity contribution in [2.24, 2.45) is 0 Å². The summed E-state index contributed by atoms with van der Waals surface area (Å²) in [6, 6.07) is 6.60. The molecule has 0 bridgehead atoms. The molecule has 3 rings (SSSR count). The Morgan fingerprint density at radius 2 is 2.00 bits per heavy atom. The molecule has 5 nitrogen and oxygen atoms in total. The smallest absolute Gasteiger partial charge is 0.379 e. The number of hydrogen-bond acceptors (Lipinski definition) is 5. The van der Waals surface area contributed by atoms with E-state index in [2.05, 4.69) is 15.3 Å². The highest BCUT2D eigenvalue weighted by Gasteiger charge is 2.36. The molecule has 25 heavy (non-hydrogen) atoms. The van der Waals surface area contributed by atoms with Gasteiger partial charge in [-0.3, -0.25) is 4.90 Å². The Bertz CT molecular complexity index is 736. The Kier molecular flexibility index (Phi) is 5.41. The van der Waals surface area contributed by atoms with Gasteiger partial charge in [-0.15, -0.1) is 0 Å². The molecular weight excluding hydrogens is 357 g/mol. The van der Waals surface area contributed by atoms with Crippen molar-refractivity contribution in [1.29, 1.82) is 0 Å². The predicted octanol–water partition coefficient (Wildman–Crippen LogP) is 3.72. The average Bonchev–Trinajstić information content (AvgIpc) is 2.56. The zero-order valence-corrected chi connectivity index (χ0v) is 13.9. The maximum Gasteiger partial charge on any atom is 0.433 e. The Hall–Kier alpha value is -1.90. The van der Waals surface area contributed by atoms with Gasteiger partial charge in [0.05, 0.1) is 13.2 Å². The van der Waals surface area contributed by atoms with Crippen LogP contribution in [0.4, 0.5) is 24.8 Å². The molecule has 1 fully saturated rings. The van der Waals surface area contributed by atoms with Gasteiger partial charge in [0.15, 0.2) is 5.69 Å². The number of benzene rings is 1. The summed E-state index contributed by atoms with van der Waals surface area (Å²) in [5.41, 5.74) is -0.369. The molecule has 1 aliphatic rings. The lowest BCUT2D eigenvalue weighted by Gasteiger charge is -2.27. The molecule has 0 spiro atoms. The molecule has 1 aromatic carbocycles. The van der Waals surface area contributed by atoms with E-state index in [1.54, 1.807) is 24.3 Å². The van der Waals surface area contributed by atoms with Crippen molar-refractivity contribution in [2.75, 3.05) is 31.6 Å².